The van der Waals surface area contributed by atoms with E-state index >= 15 is 0 Å². The highest BCUT2D eigenvalue weighted by Gasteiger charge is 2.19. The average Bonchev–Trinajstić information content (AvgIpc) is 2.58. The summed E-state index contributed by atoms with van der Waals surface area (Å²) in [6.07, 6.45) is 8.30. The lowest BCUT2D eigenvalue weighted by molar-refractivity contribution is 0.206. The van der Waals surface area contributed by atoms with Gasteiger partial charge in [0.1, 0.15) is 0 Å². The van der Waals surface area contributed by atoms with Gasteiger partial charge in [-0.05, 0) is 50.8 Å². The minimum Gasteiger partial charge on any atom is -0.357 e. The average molecular weight is 445 g/mol. The summed E-state index contributed by atoms with van der Waals surface area (Å²) in [6, 6.07) is 4.62. The van der Waals surface area contributed by atoms with Crippen molar-refractivity contribution >= 4 is 29.9 Å². The van der Waals surface area contributed by atoms with E-state index in [0.29, 0.717) is 6.04 Å². The molecule has 1 aliphatic rings. The Morgan fingerprint density at radius 2 is 2.12 bits per heavy atom. The molecule has 0 saturated carbocycles. The van der Waals surface area contributed by atoms with Crippen LogP contribution in [0.1, 0.15) is 38.7 Å². The fraction of sp³-hybridized carbons (Fsp3) is 0.667. The first-order valence-electron chi connectivity index (χ1n) is 8.98. The maximum atomic E-state index is 4.71. The third-order valence-corrected chi connectivity index (χ3v) is 4.21. The molecule has 1 saturated heterocycles. The van der Waals surface area contributed by atoms with Gasteiger partial charge >= 0.3 is 0 Å². The number of aliphatic imine (C=N–C) groups is 1. The van der Waals surface area contributed by atoms with Crippen molar-refractivity contribution in [3.63, 3.8) is 0 Å². The Bertz CT molecular complexity index is 458. The van der Waals surface area contributed by atoms with E-state index in [9.17, 15) is 0 Å². The number of hydrogen-bond donors (Lipinski definition) is 2. The lowest BCUT2D eigenvalue weighted by Crippen LogP contribution is -2.48. The second-order valence-corrected chi connectivity index (χ2v) is 6.13. The van der Waals surface area contributed by atoms with Crippen LogP contribution in [0.4, 0.5) is 0 Å². The molecule has 136 valence electrons. The molecule has 1 aliphatic heterocycles. The number of piperidine rings is 1. The first kappa shape index (κ1) is 21.2. The molecule has 5 nitrogen and oxygen atoms in total. The Hall–Kier alpha value is -0.890. The normalized spacial score (nSPS) is 16.5. The summed E-state index contributed by atoms with van der Waals surface area (Å²) in [7, 11) is 0. The number of likely N-dealkylation sites (tertiary alicyclic amines) is 1. The molecule has 2 rings (SSSR count). The minimum atomic E-state index is 0. The van der Waals surface area contributed by atoms with Gasteiger partial charge in [0.25, 0.3) is 0 Å². The monoisotopic (exact) mass is 445 g/mol. The zero-order valence-corrected chi connectivity index (χ0v) is 17.3. The molecule has 0 bridgehead atoms. The summed E-state index contributed by atoms with van der Waals surface area (Å²) in [5, 5.41) is 6.96. The lowest BCUT2D eigenvalue weighted by atomic mass is 10.1. The van der Waals surface area contributed by atoms with E-state index in [1.165, 1.54) is 44.5 Å². The predicted octanol–water partition coefficient (Wildman–Crippen LogP) is 2.67. The van der Waals surface area contributed by atoms with Crippen molar-refractivity contribution in [2.24, 2.45) is 4.99 Å². The maximum Gasteiger partial charge on any atom is 0.191 e. The Kier molecular flexibility index (Phi) is 11.0. The van der Waals surface area contributed by atoms with Gasteiger partial charge in [0.15, 0.2) is 5.96 Å². The maximum absolute atomic E-state index is 4.71. The Labute approximate surface area is 163 Å². The van der Waals surface area contributed by atoms with Gasteiger partial charge < -0.3 is 15.5 Å². The smallest absolute Gasteiger partial charge is 0.191 e. The van der Waals surface area contributed by atoms with E-state index in [2.05, 4.69) is 40.4 Å². The minimum absolute atomic E-state index is 0. The van der Waals surface area contributed by atoms with E-state index < -0.39 is 0 Å². The van der Waals surface area contributed by atoms with Gasteiger partial charge in [0, 0.05) is 44.6 Å². The number of hydrogen-bond acceptors (Lipinski definition) is 3. The predicted molar refractivity (Wildman–Crippen MR) is 112 cm³/mol. The number of guanidine groups is 1. The van der Waals surface area contributed by atoms with Crippen molar-refractivity contribution in [1.82, 2.24) is 20.5 Å². The molecule has 1 fully saturated rings. The largest absolute Gasteiger partial charge is 0.357 e. The summed E-state index contributed by atoms with van der Waals surface area (Å²) < 4.78 is 0. The van der Waals surface area contributed by atoms with Crippen molar-refractivity contribution < 1.29 is 0 Å². The van der Waals surface area contributed by atoms with Crippen molar-refractivity contribution in [3.05, 3.63) is 30.1 Å². The third kappa shape index (κ3) is 7.79. The lowest BCUT2D eigenvalue weighted by Gasteiger charge is -2.32. The quantitative estimate of drug-likeness (QED) is 0.385. The summed E-state index contributed by atoms with van der Waals surface area (Å²) >= 11 is 0. The number of aromatic nitrogens is 1. The Morgan fingerprint density at radius 3 is 2.75 bits per heavy atom. The molecule has 0 radical (unpaired) electrons. The molecule has 6 heteroatoms. The van der Waals surface area contributed by atoms with E-state index in [-0.39, 0.29) is 24.0 Å². The van der Waals surface area contributed by atoms with Gasteiger partial charge in [-0.1, -0.05) is 13.0 Å². The summed E-state index contributed by atoms with van der Waals surface area (Å²) in [6.45, 7) is 9.67. The van der Waals surface area contributed by atoms with Crippen LogP contribution in [0.3, 0.4) is 0 Å². The van der Waals surface area contributed by atoms with Crippen LogP contribution in [0, 0.1) is 0 Å². The highest BCUT2D eigenvalue weighted by molar-refractivity contribution is 14.0. The van der Waals surface area contributed by atoms with E-state index in [1.54, 1.807) is 0 Å². The van der Waals surface area contributed by atoms with Crippen molar-refractivity contribution in [2.45, 2.75) is 45.6 Å². The fourth-order valence-electron chi connectivity index (χ4n) is 2.97. The van der Waals surface area contributed by atoms with Crippen LogP contribution >= 0.6 is 24.0 Å². The molecule has 2 heterocycles. The van der Waals surface area contributed by atoms with Crippen LogP contribution in [0.2, 0.25) is 0 Å². The second kappa shape index (κ2) is 12.5. The van der Waals surface area contributed by atoms with E-state index in [4.69, 9.17) is 4.99 Å². The number of nitrogens with one attached hydrogen (secondary N) is 2. The SMILES string of the molecule is CCCN1CCC(NC(=NCCc2cccnc2)NCC)CC1.I. The number of halogens is 1. The van der Waals surface area contributed by atoms with Crippen LogP contribution in [0.25, 0.3) is 0 Å². The third-order valence-electron chi connectivity index (χ3n) is 4.21. The number of nitrogens with zero attached hydrogens (tertiary/aromatic N) is 3. The molecule has 0 unspecified atom stereocenters. The van der Waals surface area contributed by atoms with Crippen molar-refractivity contribution in [3.8, 4) is 0 Å². The molecule has 0 aromatic carbocycles. The number of rotatable bonds is 7. The molecule has 0 atom stereocenters. The summed E-state index contributed by atoms with van der Waals surface area (Å²) in [5.41, 5.74) is 1.24. The van der Waals surface area contributed by atoms with Gasteiger partial charge in [-0.25, -0.2) is 0 Å². The molecular weight excluding hydrogens is 413 g/mol. The van der Waals surface area contributed by atoms with Gasteiger partial charge in [-0.2, -0.15) is 0 Å². The molecule has 1 aromatic rings. The highest BCUT2D eigenvalue weighted by atomic mass is 127. The van der Waals surface area contributed by atoms with Gasteiger partial charge in [-0.15, -0.1) is 24.0 Å². The zero-order chi connectivity index (χ0) is 16.3. The molecular formula is C18H32IN5. The highest BCUT2D eigenvalue weighted by Crippen LogP contribution is 2.10. The van der Waals surface area contributed by atoms with Crippen molar-refractivity contribution in [2.75, 3.05) is 32.7 Å². The van der Waals surface area contributed by atoms with Crippen LogP contribution in [0.5, 0.6) is 0 Å². The molecule has 0 amide bonds. The topological polar surface area (TPSA) is 52.5 Å². The molecule has 24 heavy (non-hydrogen) atoms. The Morgan fingerprint density at radius 1 is 1.33 bits per heavy atom. The van der Waals surface area contributed by atoms with E-state index in [1.807, 2.05) is 18.5 Å². The van der Waals surface area contributed by atoms with Gasteiger partial charge in [0.05, 0.1) is 0 Å². The molecule has 0 spiro atoms. The first-order valence-corrected chi connectivity index (χ1v) is 8.98. The van der Waals surface area contributed by atoms with Crippen LogP contribution in [0.15, 0.2) is 29.5 Å². The zero-order valence-electron chi connectivity index (χ0n) is 15.0. The molecule has 1 aromatic heterocycles. The summed E-state index contributed by atoms with van der Waals surface area (Å²) in [4.78, 5) is 11.4. The second-order valence-electron chi connectivity index (χ2n) is 6.13. The van der Waals surface area contributed by atoms with Crippen LogP contribution < -0.4 is 10.6 Å². The fourth-order valence-corrected chi connectivity index (χ4v) is 2.97. The first-order chi connectivity index (χ1) is 11.3. The number of pyridine rings is 1. The standard InChI is InChI=1S/C18H31N5.HI/c1-3-12-23-13-8-17(9-14-23)22-18(20-4-2)21-11-7-16-6-5-10-19-15-16;/h5-6,10,15,17H,3-4,7-9,11-14H2,1-2H3,(H2,20,21,22);1H. The van der Waals surface area contributed by atoms with Crippen molar-refractivity contribution in [1.29, 1.82) is 0 Å². The molecule has 0 aliphatic carbocycles. The molecule has 2 N–H and O–H groups in total. The Balaban J connectivity index is 0.00000288. The van der Waals surface area contributed by atoms with Crippen LogP contribution in [-0.4, -0.2) is 54.6 Å². The van der Waals surface area contributed by atoms with Crippen LogP contribution in [-0.2, 0) is 6.42 Å². The van der Waals surface area contributed by atoms with Gasteiger partial charge in [-0.3, -0.25) is 9.98 Å². The van der Waals surface area contributed by atoms with Gasteiger partial charge in [0.2, 0.25) is 0 Å². The van der Waals surface area contributed by atoms with E-state index in [0.717, 1.165) is 25.5 Å². The summed E-state index contributed by atoms with van der Waals surface area (Å²) in [5.74, 6) is 0.949.